The number of amides is 1. The fourth-order valence-corrected chi connectivity index (χ4v) is 3.55. The first-order valence-electron chi connectivity index (χ1n) is 8.13. The van der Waals surface area contributed by atoms with Crippen LogP contribution >= 0.6 is 11.3 Å². The fraction of sp³-hybridized carbons (Fsp3) is 0.444. The van der Waals surface area contributed by atoms with Gasteiger partial charge in [-0.25, -0.2) is 4.98 Å². The Morgan fingerprint density at radius 1 is 1.42 bits per heavy atom. The van der Waals surface area contributed by atoms with Crippen molar-refractivity contribution in [3.05, 3.63) is 39.3 Å². The number of anilines is 1. The highest BCUT2D eigenvalue weighted by atomic mass is 32.1. The molecule has 24 heavy (non-hydrogen) atoms. The third-order valence-electron chi connectivity index (χ3n) is 3.94. The van der Waals surface area contributed by atoms with E-state index < -0.39 is 0 Å². The van der Waals surface area contributed by atoms with Gasteiger partial charge in [0.2, 0.25) is 0 Å². The molecular weight excluding hydrogens is 324 g/mol. The van der Waals surface area contributed by atoms with Gasteiger partial charge in [0, 0.05) is 6.61 Å². The van der Waals surface area contributed by atoms with Gasteiger partial charge in [0.1, 0.15) is 17.2 Å². The van der Waals surface area contributed by atoms with Gasteiger partial charge >= 0.3 is 0 Å². The van der Waals surface area contributed by atoms with Crippen molar-refractivity contribution in [2.75, 3.05) is 18.5 Å². The lowest BCUT2D eigenvalue weighted by atomic mass is 10.2. The Balaban J connectivity index is 1.74. The van der Waals surface area contributed by atoms with Crippen LogP contribution in [-0.2, 0) is 4.74 Å². The highest BCUT2D eigenvalue weighted by Gasteiger charge is 2.19. The molecule has 1 aromatic carbocycles. The summed E-state index contributed by atoms with van der Waals surface area (Å²) in [7, 11) is 0. The molecule has 0 saturated carbocycles. The second-order valence-electron chi connectivity index (χ2n) is 6.05. The van der Waals surface area contributed by atoms with Gasteiger partial charge in [-0.05, 0) is 51.3 Å². The van der Waals surface area contributed by atoms with Gasteiger partial charge in [-0.3, -0.25) is 4.79 Å². The van der Waals surface area contributed by atoms with Gasteiger partial charge in [-0.1, -0.05) is 6.07 Å². The number of aromatic nitrogens is 1. The Hall–Kier alpha value is -1.92. The monoisotopic (exact) mass is 346 g/mol. The molecule has 0 bridgehead atoms. The smallest absolute Gasteiger partial charge is 0.267 e. The molecule has 1 aromatic heterocycles. The summed E-state index contributed by atoms with van der Waals surface area (Å²) in [5.41, 5.74) is 2.51. The van der Waals surface area contributed by atoms with Crippen molar-refractivity contribution in [2.24, 2.45) is 0 Å². The lowest BCUT2D eigenvalue weighted by Crippen LogP contribution is -2.18. The summed E-state index contributed by atoms with van der Waals surface area (Å²) in [4.78, 5) is 17.5. The topological polar surface area (TPSA) is 60.5 Å². The highest BCUT2D eigenvalue weighted by Crippen LogP contribution is 2.28. The molecule has 1 amide bonds. The van der Waals surface area contributed by atoms with E-state index in [2.05, 4.69) is 10.3 Å². The number of nitrogens with one attached hydrogen (secondary N) is 1. The van der Waals surface area contributed by atoms with E-state index in [0.717, 1.165) is 35.7 Å². The van der Waals surface area contributed by atoms with E-state index >= 15 is 0 Å². The summed E-state index contributed by atoms with van der Waals surface area (Å²) in [5.74, 6) is 0.529. The van der Waals surface area contributed by atoms with E-state index in [9.17, 15) is 4.79 Å². The number of hydrogen-bond acceptors (Lipinski definition) is 5. The van der Waals surface area contributed by atoms with E-state index in [-0.39, 0.29) is 12.0 Å². The van der Waals surface area contributed by atoms with Crippen molar-refractivity contribution in [3.8, 4) is 5.75 Å². The van der Waals surface area contributed by atoms with Crippen LogP contribution in [0.15, 0.2) is 18.2 Å². The summed E-state index contributed by atoms with van der Waals surface area (Å²) in [6.07, 6.45) is 2.24. The number of nitrogens with zero attached hydrogens (tertiary/aromatic N) is 1. The number of carbonyl (C=O) groups excluding carboxylic acids is 1. The van der Waals surface area contributed by atoms with Crippen LogP contribution in [0.1, 0.15) is 38.8 Å². The second kappa shape index (κ2) is 7.32. The Morgan fingerprint density at radius 3 is 2.92 bits per heavy atom. The van der Waals surface area contributed by atoms with Crippen molar-refractivity contribution in [3.63, 3.8) is 0 Å². The third-order valence-corrected chi connectivity index (χ3v) is 5.02. The Kier molecular flexibility index (Phi) is 5.16. The Bertz CT molecular complexity index is 736. The molecule has 0 radical (unpaired) electrons. The predicted octanol–water partition coefficient (Wildman–Crippen LogP) is 3.88. The molecule has 5 nitrogen and oxygen atoms in total. The Morgan fingerprint density at radius 2 is 2.25 bits per heavy atom. The number of aryl methyl sites for hydroxylation is 3. The van der Waals surface area contributed by atoms with Crippen LogP contribution in [0.5, 0.6) is 5.75 Å². The maximum Gasteiger partial charge on any atom is 0.267 e. The summed E-state index contributed by atoms with van der Waals surface area (Å²) >= 11 is 1.40. The first kappa shape index (κ1) is 16.9. The number of thiazole rings is 1. The predicted molar refractivity (Wildman–Crippen MR) is 95.2 cm³/mol. The van der Waals surface area contributed by atoms with Crippen LogP contribution in [0.2, 0.25) is 0 Å². The quantitative estimate of drug-likeness (QED) is 0.892. The molecule has 1 aliphatic rings. The fourth-order valence-electron chi connectivity index (χ4n) is 2.73. The molecule has 1 saturated heterocycles. The lowest BCUT2D eigenvalue weighted by molar-refractivity contribution is 0.0681. The molecule has 6 heteroatoms. The first-order chi connectivity index (χ1) is 11.5. The minimum atomic E-state index is -0.149. The van der Waals surface area contributed by atoms with Gasteiger partial charge in [0.05, 0.1) is 22.5 Å². The van der Waals surface area contributed by atoms with Gasteiger partial charge in [0.15, 0.2) is 0 Å². The van der Waals surface area contributed by atoms with E-state index in [1.807, 2.05) is 39.0 Å². The number of benzene rings is 1. The van der Waals surface area contributed by atoms with Crippen LogP contribution < -0.4 is 10.1 Å². The minimum Gasteiger partial charge on any atom is -0.489 e. The van der Waals surface area contributed by atoms with Crippen molar-refractivity contribution in [2.45, 2.75) is 39.7 Å². The standard InChI is InChI=1S/C18H22N2O3S/c1-11-6-7-15(16(9-11)23-10-14-5-4-8-22-14)20-18(21)17-12(2)19-13(3)24-17/h6-7,9,14H,4-5,8,10H2,1-3H3,(H,20,21)/t14-/m1/s1. The number of hydrogen-bond donors (Lipinski definition) is 1. The van der Waals surface area contributed by atoms with Gasteiger partial charge in [-0.2, -0.15) is 0 Å². The molecule has 1 N–H and O–H groups in total. The SMILES string of the molecule is Cc1ccc(NC(=O)c2sc(C)nc2C)c(OC[C@H]2CCCO2)c1. The van der Waals surface area contributed by atoms with Crippen LogP contribution in [0.3, 0.4) is 0 Å². The third kappa shape index (κ3) is 3.94. The van der Waals surface area contributed by atoms with Crippen LogP contribution in [-0.4, -0.2) is 30.2 Å². The maximum absolute atomic E-state index is 12.5. The molecule has 0 aliphatic carbocycles. The van der Waals surface area contributed by atoms with Crippen molar-refractivity contribution in [1.29, 1.82) is 0 Å². The van der Waals surface area contributed by atoms with Crippen LogP contribution in [0.4, 0.5) is 5.69 Å². The lowest BCUT2D eigenvalue weighted by Gasteiger charge is -2.15. The number of ether oxygens (including phenoxy) is 2. The number of carbonyl (C=O) groups is 1. The summed E-state index contributed by atoms with van der Waals surface area (Å²) < 4.78 is 11.5. The molecule has 0 spiro atoms. The molecule has 3 rings (SSSR count). The maximum atomic E-state index is 12.5. The second-order valence-corrected chi connectivity index (χ2v) is 7.25. The largest absolute Gasteiger partial charge is 0.489 e. The van der Waals surface area contributed by atoms with Gasteiger partial charge in [-0.15, -0.1) is 11.3 Å². The van der Waals surface area contributed by atoms with E-state index in [1.165, 1.54) is 11.3 Å². The average molecular weight is 346 g/mol. The zero-order valence-electron chi connectivity index (χ0n) is 14.2. The summed E-state index contributed by atoms with van der Waals surface area (Å²) in [6.45, 7) is 7.06. The minimum absolute atomic E-state index is 0.139. The molecule has 2 heterocycles. The van der Waals surface area contributed by atoms with E-state index in [1.54, 1.807) is 0 Å². The Labute approximate surface area is 146 Å². The normalized spacial score (nSPS) is 17.0. The summed E-state index contributed by atoms with van der Waals surface area (Å²) in [6, 6.07) is 5.77. The molecule has 2 aromatic rings. The highest BCUT2D eigenvalue weighted by molar-refractivity contribution is 7.13. The number of rotatable bonds is 5. The zero-order chi connectivity index (χ0) is 17.1. The van der Waals surface area contributed by atoms with Crippen LogP contribution in [0.25, 0.3) is 0 Å². The molecule has 0 unspecified atom stereocenters. The van der Waals surface area contributed by atoms with Crippen molar-refractivity contribution < 1.29 is 14.3 Å². The molecule has 1 aliphatic heterocycles. The van der Waals surface area contributed by atoms with E-state index in [4.69, 9.17) is 9.47 Å². The first-order valence-corrected chi connectivity index (χ1v) is 8.95. The summed E-state index contributed by atoms with van der Waals surface area (Å²) in [5, 5.41) is 3.83. The van der Waals surface area contributed by atoms with Gasteiger partial charge in [0.25, 0.3) is 5.91 Å². The molecular formula is C18H22N2O3S. The van der Waals surface area contributed by atoms with Crippen molar-refractivity contribution >= 4 is 22.9 Å². The van der Waals surface area contributed by atoms with Crippen LogP contribution in [0, 0.1) is 20.8 Å². The zero-order valence-corrected chi connectivity index (χ0v) is 15.0. The molecule has 1 atom stereocenters. The average Bonchev–Trinajstić information content (AvgIpc) is 3.16. The molecule has 128 valence electrons. The molecule has 1 fully saturated rings. The van der Waals surface area contributed by atoms with E-state index in [0.29, 0.717) is 22.9 Å². The van der Waals surface area contributed by atoms with Crippen molar-refractivity contribution in [1.82, 2.24) is 4.98 Å². The van der Waals surface area contributed by atoms with Gasteiger partial charge < -0.3 is 14.8 Å².